The van der Waals surface area contributed by atoms with Gasteiger partial charge in [-0.1, -0.05) is 30.1 Å². The summed E-state index contributed by atoms with van der Waals surface area (Å²) in [6.45, 7) is 1.66. The molecule has 0 bridgehead atoms. The molecule has 1 fully saturated rings. The van der Waals surface area contributed by atoms with Gasteiger partial charge in [0.15, 0.2) is 9.84 Å². The van der Waals surface area contributed by atoms with Crippen molar-refractivity contribution in [3.05, 3.63) is 45.7 Å². The highest BCUT2D eigenvalue weighted by molar-refractivity contribution is 7.91. The molecule has 1 aromatic heterocycles. The van der Waals surface area contributed by atoms with Gasteiger partial charge < -0.3 is 5.32 Å². The molecule has 0 radical (unpaired) electrons. The Morgan fingerprint density at radius 3 is 2.69 bits per heavy atom. The molecule has 26 heavy (non-hydrogen) atoms. The van der Waals surface area contributed by atoms with E-state index >= 15 is 0 Å². The minimum Gasteiger partial charge on any atom is -0.351 e. The molecule has 1 amide bonds. The van der Waals surface area contributed by atoms with Crippen molar-refractivity contribution in [1.82, 2.24) is 15.1 Å². The minimum atomic E-state index is -3.12. The second-order valence-electron chi connectivity index (χ2n) is 6.22. The van der Waals surface area contributed by atoms with Crippen LogP contribution in [0.2, 0.25) is 10.0 Å². The molecule has 0 spiro atoms. The minimum absolute atomic E-state index is 0.0587. The average molecular weight is 416 g/mol. The Balaban J connectivity index is 1.85. The van der Waals surface area contributed by atoms with E-state index in [0.717, 1.165) is 18.5 Å². The maximum Gasteiger partial charge on any atom is 0.254 e. The molecule has 1 saturated carbocycles. The van der Waals surface area contributed by atoms with Gasteiger partial charge in [0.2, 0.25) is 0 Å². The van der Waals surface area contributed by atoms with Crippen LogP contribution in [-0.2, 0) is 9.84 Å². The Bertz CT molecular complexity index is 937. The monoisotopic (exact) mass is 415 g/mol. The van der Waals surface area contributed by atoms with Crippen LogP contribution in [-0.4, -0.2) is 42.2 Å². The first kappa shape index (κ1) is 19.2. The lowest BCUT2D eigenvalue weighted by atomic mass is 10.1. The number of aromatic nitrogens is 2. The zero-order valence-corrected chi connectivity index (χ0v) is 16.5. The first-order chi connectivity index (χ1) is 12.3. The molecular formula is C17H19Cl2N3O3S. The van der Waals surface area contributed by atoms with Crippen molar-refractivity contribution < 1.29 is 13.2 Å². The fourth-order valence-corrected chi connectivity index (χ4v) is 3.88. The molecule has 0 atom stereocenters. The van der Waals surface area contributed by atoms with Gasteiger partial charge in [-0.3, -0.25) is 4.79 Å². The highest BCUT2D eigenvalue weighted by Gasteiger charge is 2.33. The van der Waals surface area contributed by atoms with Gasteiger partial charge in [0.25, 0.3) is 5.91 Å². The first-order valence-corrected chi connectivity index (χ1v) is 10.9. The Kier molecular flexibility index (Phi) is 5.60. The van der Waals surface area contributed by atoms with Gasteiger partial charge in [0, 0.05) is 23.2 Å². The van der Waals surface area contributed by atoms with Crippen molar-refractivity contribution in [2.45, 2.75) is 25.7 Å². The highest BCUT2D eigenvalue weighted by atomic mass is 35.5. The highest BCUT2D eigenvalue weighted by Crippen LogP contribution is 2.43. The molecule has 9 heteroatoms. The van der Waals surface area contributed by atoms with Gasteiger partial charge in [-0.25, -0.2) is 13.1 Å². The van der Waals surface area contributed by atoms with Crippen LogP contribution in [0.15, 0.2) is 24.4 Å². The lowest BCUT2D eigenvalue weighted by molar-refractivity contribution is 0.0955. The number of benzene rings is 1. The van der Waals surface area contributed by atoms with Gasteiger partial charge in [-0.05, 0) is 31.0 Å². The van der Waals surface area contributed by atoms with Crippen LogP contribution in [0.4, 0.5) is 0 Å². The van der Waals surface area contributed by atoms with Crippen molar-refractivity contribution in [3.8, 4) is 5.69 Å². The number of carbonyl (C=O) groups excluding carboxylic acids is 1. The van der Waals surface area contributed by atoms with E-state index in [1.807, 2.05) is 0 Å². The quantitative estimate of drug-likeness (QED) is 0.752. The van der Waals surface area contributed by atoms with Crippen molar-refractivity contribution >= 4 is 38.9 Å². The molecule has 1 heterocycles. The van der Waals surface area contributed by atoms with E-state index in [0.29, 0.717) is 21.3 Å². The zero-order valence-electron chi connectivity index (χ0n) is 14.2. The number of halogens is 2. The van der Waals surface area contributed by atoms with Gasteiger partial charge in [-0.2, -0.15) is 5.10 Å². The van der Waals surface area contributed by atoms with Gasteiger partial charge in [0.1, 0.15) is 0 Å². The Morgan fingerprint density at radius 1 is 1.35 bits per heavy atom. The second-order valence-corrected chi connectivity index (χ2v) is 9.53. The summed E-state index contributed by atoms with van der Waals surface area (Å²) in [5.74, 6) is -0.104. The maximum atomic E-state index is 12.5. The number of rotatable bonds is 7. The fraction of sp³-hybridized carbons (Fsp3) is 0.412. The molecule has 2 aromatic rings. The molecule has 1 aromatic carbocycles. The van der Waals surface area contributed by atoms with Crippen LogP contribution in [0.1, 0.15) is 41.7 Å². The summed E-state index contributed by atoms with van der Waals surface area (Å²) < 4.78 is 24.8. The summed E-state index contributed by atoms with van der Waals surface area (Å²) >= 11 is 12.2. The Morgan fingerprint density at radius 2 is 2.08 bits per heavy atom. The molecular weight excluding hydrogens is 397 g/mol. The summed E-state index contributed by atoms with van der Waals surface area (Å²) in [4.78, 5) is 12.5. The van der Waals surface area contributed by atoms with E-state index in [4.69, 9.17) is 23.2 Å². The molecule has 1 aliphatic rings. The third-order valence-corrected chi connectivity index (χ3v) is 6.54. The molecule has 0 saturated heterocycles. The smallest absolute Gasteiger partial charge is 0.254 e. The van der Waals surface area contributed by atoms with E-state index in [2.05, 4.69) is 10.4 Å². The van der Waals surface area contributed by atoms with Crippen LogP contribution in [0, 0.1) is 0 Å². The number of sulfone groups is 1. The zero-order chi connectivity index (χ0) is 18.9. The van der Waals surface area contributed by atoms with E-state index in [1.165, 1.54) is 6.20 Å². The predicted octanol–water partition coefficient (Wildman–Crippen LogP) is 3.22. The molecule has 140 valence electrons. The number of amides is 1. The van der Waals surface area contributed by atoms with Crippen LogP contribution < -0.4 is 5.32 Å². The van der Waals surface area contributed by atoms with Crippen molar-refractivity contribution in [1.29, 1.82) is 0 Å². The van der Waals surface area contributed by atoms with E-state index < -0.39 is 9.84 Å². The number of hydrogen-bond donors (Lipinski definition) is 1. The average Bonchev–Trinajstić information content (AvgIpc) is 3.33. The van der Waals surface area contributed by atoms with Crippen LogP contribution >= 0.6 is 23.2 Å². The normalized spacial score (nSPS) is 14.4. The van der Waals surface area contributed by atoms with Gasteiger partial charge in [0.05, 0.1) is 33.9 Å². The molecule has 0 aliphatic heterocycles. The predicted molar refractivity (Wildman–Crippen MR) is 102 cm³/mol. The number of carbonyl (C=O) groups is 1. The van der Waals surface area contributed by atoms with Gasteiger partial charge >= 0.3 is 0 Å². The van der Waals surface area contributed by atoms with Crippen molar-refractivity contribution in [3.63, 3.8) is 0 Å². The lowest BCUT2D eigenvalue weighted by Gasteiger charge is -2.11. The molecule has 3 rings (SSSR count). The molecule has 6 nitrogen and oxygen atoms in total. The van der Waals surface area contributed by atoms with Crippen LogP contribution in [0.25, 0.3) is 5.69 Å². The topological polar surface area (TPSA) is 81.1 Å². The fourth-order valence-electron chi connectivity index (χ4n) is 2.69. The van der Waals surface area contributed by atoms with Crippen LogP contribution in [0.5, 0.6) is 0 Å². The van der Waals surface area contributed by atoms with E-state index in [-0.39, 0.29) is 29.9 Å². The third kappa shape index (κ3) is 4.22. The summed E-state index contributed by atoms with van der Waals surface area (Å²) in [5.41, 5.74) is 1.91. The maximum absolute atomic E-state index is 12.5. The lowest BCUT2D eigenvalue weighted by Crippen LogP contribution is -2.30. The Labute approximate surface area is 162 Å². The summed E-state index contributed by atoms with van der Waals surface area (Å²) in [6.07, 6.45) is 3.45. The summed E-state index contributed by atoms with van der Waals surface area (Å²) in [5, 5.41) is 7.99. The largest absolute Gasteiger partial charge is 0.351 e. The van der Waals surface area contributed by atoms with Gasteiger partial charge in [-0.15, -0.1) is 0 Å². The SMILES string of the molecule is CCS(=O)(=O)CCNC(=O)c1cnn(-c2ccc(Cl)cc2Cl)c1C1CC1. The molecule has 1 aliphatic carbocycles. The molecule has 1 N–H and O–H groups in total. The molecule has 0 unspecified atom stereocenters. The summed E-state index contributed by atoms with van der Waals surface area (Å²) in [6, 6.07) is 5.11. The van der Waals surface area contributed by atoms with E-state index in [9.17, 15) is 13.2 Å². The van der Waals surface area contributed by atoms with Crippen molar-refractivity contribution in [2.75, 3.05) is 18.1 Å². The first-order valence-electron chi connectivity index (χ1n) is 8.34. The second kappa shape index (κ2) is 7.58. The number of nitrogens with zero attached hydrogens (tertiary/aromatic N) is 2. The third-order valence-electron chi connectivity index (χ3n) is 4.29. The van der Waals surface area contributed by atoms with E-state index in [1.54, 1.807) is 29.8 Å². The number of hydrogen-bond acceptors (Lipinski definition) is 4. The van der Waals surface area contributed by atoms with Crippen molar-refractivity contribution in [2.24, 2.45) is 0 Å². The summed E-state index contributed by atoms with van der Waals surface area (Å²) in [7, 11) is -3.12. The Hall–Kier alpha value is -1.57. The van der Waals surface area contributed by atoms with Crippen LogP contribution in [0.3, 0.4) is 0 Å². The standard InChI is InChI=1S/C17H19Cl2N3O3S/c1-2-26(24,25)8-7-20-17(23)13-10-21-22(16(13)11-3-4-11)15-6-5-12(18)9-14(15)19/h5-6,9-11H,2-4,7-8H2,1H3,(H,20,23). The number of nitrogens with one attached hydrogen (secondary N) is 1.